The molecule has 0 radical (unpaired) electrons. The van der Waals surface area contributed by atoms with Gasteiger partial charge in [-0.1, -0.05) is 12.1 Å². The number of benzene rings is 1. The van der Waals surface area contributed by atoms with Gasteiger partial charge in [0.1, 0.15) is 0 Å². The van der Waals surface area contributed by atoms with Gasteiger partial charge in [0.05, 0.1) is 11.5 Å². The minimum atomic E-state index is -0.418. The Kier molecular flexibility index (Phi) is 2.78. The third-order valence-electron chi connectivity index (χ3n) is 2.68. The summed E-state index contributed by atoms with van der Waals surface area (Å²) in [5.74, 6) is 0. The summed E-state index contributed by atoms with van der Waals surface area (Å²) < 4.78 is 1.46. The number of nitrogens with one attached hydrogen (secondary N) is 1. The summed E-state index contributed by atoms with van der Waals surface area (Å²) in [7, 11) is 0. The fourth-order valence-corrected chi connectivity index (χ4v) is 1.70. The van der Waals surface area contributed by atoms with Crippen molar-refractivity contribution in [1.82, 2.24) is 9.55 Å². The van der Waals surface area contributed by atoms with Crippen molar-refractivity contribution < 1.29 is 4.92 Å². The van der Waals surface area contributed by atoms with Crippen LogP contribution in [0.5, 0.6) is 0 Å². The summed E-state index contributed by atoms with van der Waals surface area (Å²) in [5.41, 5.74) is 1.20. The maximum Gasteiger partial charge on any atom is 0.325 e. The number of aromatic amines is 1. The van der Waals surface area contributed by atoms with E-state index in [1.54, 1.807) is 25.3 Å². The van der Waals surface area contributed by atoms with Gasteiger partial charge in [0, 0.05) is 24.0 Å². The van der Waals surface area contributed by atoms with E-state index in [1.807, 2.05) is 0 Å². The highest BCUT2D eigenvalue weighted by Gasteiger charge is 2.13. The van der Waals surface area contributed by atoms with Gasteiger partial charge in [-0.25, -0.2) is 4.79 Å². The number of H-pyrrole nitrogens is 1. The van der Waals surface area contributed by atoms with Crippen LogP contribution >= 0.6 is 0 Å². The molecule has 1 heterocycles. The van der Waals surface area contributed by atoms with Crippen LogP contribution in [0, 0.1) is 17.0 Å². The van der Waals surface area contributed by atoms with E-state index >= 15 is 0 Å². The molecule has 0 saturated carbocycles. The first-order chi connectivity index (χ1) is 8.09. The zero-order chi connectivity index (χ0) is 12.4. The molecule has 0 saturated heterocycles. The first-order valence-electron chi connectivity index (χ1n) is 5.06. The van der Waals surface area contributed by atoms with Crippen LogP contribution in [0.15, 0.2) is 35.4 Å². The Morgan fingerprint density at radius 2 is 2.24 bits per heavy atom. The Morgan fingerprint density at radius 3 is 2.82 bits per heavy atom. The van der Waals surface area contributed by atoms with Gasteiger partial charge in [-0.2, -0.15) is 0 Å². The smallest absolute Gasteiger partial charge is 0.313 e. The molecular formula is C11H11N3O3. The molecule has 2 aromatic rings. The highest BCUT2D eigenvalue weighted by molar-refractivity contribution is 5.44. The van der Waals surface area contributed by atoms with Crippen molar-refractivity contribution in [1.29, 1.82) is 0 Å². The van der Waals surface area contributed by atoms with E-state index in [2.05, 4.69) is 4.98 Å². The quantitative estimate of drug-likeness (QED) is 0.643. The molecule has 0 aliphatic carbocycles. The molecule has 0 spiro atoms. The molecule has 2 rings (SSSR count). The molecule has 1 aromatic carbocycles. The van der Waals surface area contributed by atoms with Crippen molar-refractivity contribution in [3.63, 3.8) is 0 Å². The lowest BCUT2D eigenvalue weighted by Gasteiger charge is -2.06. The van der Waals surface area contributed by atoms with Crippen LogP contribution in [0.3, 0.4) is 0 Å². The monoisotopic (exact) mass is 233 g/mol. The molecule has 6 nitrogen and oxygen atoms in total. The normalized spacial score (nSPS) is 10.4. The first kappa shape index (κ1) is 11.1. The van der Waals surface area contributed by atoms with E-state index in [9.17, 15) is 14.9 Å². The molecule has 0 bridgehead atoms. The van der Waals surface area contributed by atoms with Crippen molar-refractivity contribution >= 4 is 5.69 Å². The summed E-state index contributed by atoms with van der Waals surface area (Å²) in [5, 5.41) is 10.8. The summed E-state index contributed by atoms with van der Waals surface area (Å²) in [6.45, 7) is 2.01. The standard InChI is InChI=1S/C11H11N3O3/c1-8-9(3-2-4-10(8)14(16)17)7-13-6-5-12-11(13)15/h2-6H,7H2,1H3,(H,12,15). The van der Waals surface area contributed by atoms with Gasteiger partial charge in [-0.15, -0.1) is 0 Å². The number of imidazole rings is 1. The van der Waals surface area contributed by atoms with Gasteiger partial charge in [-0.3, -0.25) is 14.7 Å². The van der Waals surface area contributed by atoms with Gasteiger partial charge >= 0.3 is 5.69 Å². The molecule has 88 valence electrons. The fraction of sp³-hybridized carbons (Fsp3) is 0.182. The predicted octanol–water partition coefficient (Wildman–Crippen LogP) is 1.44. The molecule has 0 amide bonds. The molecule has 0 aliphatic heterocycles. The first-order valence-corrected chi connectivity index (χ1v) is 5.06. The van der Waals surface area contributed by atoms with Gasteiger partial charge in [0.25, 0.3) is 5.69 Å². The molecule has 17 heavy (non-hydrogen) atoms. The Balaban J connectivity index is 2.41. The number of aromatic nitrogens is 2. The Morgan fingerprint density at radius 1 is 1.47 bits per heavy atom. The Bertz CT molecular complexity index is 612. The zero-order valence-corrected chi connectivity index (χ0v) is 9.21. The highest BCUT2D eigenvalue weighted by atomic mass is 16.6. The molecular weight excluding hydrogens is 222 g/mol. The zero-order valence-electron chi connectivity index (χ0n) is 9.21. The van der Waals surface area contributed by atoms with Crippen LogP contribution < -0.4 is 5.69 Å². The van der Waals surface area contributed by atoms with Crippen LogP contribution in [0.4, 0.5) is 5.69 Å². The second kappa shape index (κ2) is 4.25. The topological polar surface area (TPSA) is 80.9 Å². The van der Waals surface area contributed by atoms with Crippen LogP contribution in [-0.2, 0) is 6.54 Å². The molecule has 1 aromatic heterocycles. The van der Waals surface area contributed by atoms with E-state index in [0.29, 0.717) is 12.1 Å². The van der Waals surface area contributed by atoms with Gasteiger partial charge < -0.3 is 4.98 Å². The number of nitro groups is 1. The Labute approximate surface area is 96.7 Å². The third-order valence-corrected chi connectivity index (χ3v) is 2.68. The average Bonchev–Trinajstić information content (AvgIpc) is 2.67. The Hall–Kier alpha value is -2.37. The van der Waals surface area contributed by atoms with Crippen LogP contribution in [0.1, 0.15) is 11.1 Å². The molecule has 0 unspecified atom stereocenters. The SMILES string of the molecule is Cc1c(Cn2cc[nH]c2=O)cccc1[N+](=O)[O-]. The van der Waals surface area contributed by atoms with E-state index in [4.69, 9.17) is 0 Å². The van der Waals surface area contributed by atoms with Gasteiger partial charge in [-0.05, 0) is 12.5 Å². The van der Waals surface area contributed by atoms with Crippen LogP contribution in [0.2, 0.25) is 0 Å². The number of hydrogen-bond donors (Lipinski definition) is 1. The number of hydrogen-bond acceptors (Lipinski definition) is 3. The largest absolute Gasteiger partial charge is 0.325 e. The van der Waals surface area contributed by atoms with E-state index in [1.165, 1.54) is 16.8 Å². The number of nitro benzene ring substituents is 1. The van der Waals surface area contributed by atoms with E-state index < -0.39 is 4.92 Å². The van der Waals surface area contributed by atoms with Gasteiger partial charge in [0.15, 0.2) is 0 Å². The van der Waals surface area contributed by atoms with Crippen molar-refractivity contribution in [3.8, 4) is 0 Å². The van der Waals surface area contributed by atoms with Gasteiger partial charge in [0.2, 0.25) is 0 Å². The van der Waals surface area contributed by atoms with Crippen molar-refractivity contribution in [2.24, 2.45) is 0 Å². The van der Waals surface area contributed by atoms with Crippen molar-refractivity contribution in [2.75, 3.05) is 0 Å². The number of nitrogens with zero attached hydrogens (tertiary/aromatic N) is 2. The molecule has 0 atom stereocenters. The van der Waals surface area contributed by atoms with Crippen molar-refractivity contribution in [2.45, 2.75) is 13.5 Å². The summed E-state index contributed by atoms with van der Waals surface area (Å²) in [6.07, 6.45) is 3.15. The molecule has 0 fully saturated rings. The second-order valence-corrected chi connectivity index (χ2v) is 3.71. The summed E-state index contributed by atoms with van der Waals surface area (Å²) in [4.78, 5) is 24.2. The van der Waals surface area contributed by atoms with Crippen LogP contribution in [-0.4, -0.2) is 14.5 Å². The maximum atomic E-state index is 11.3. The van der Waals surface area contributed by atoms with Crippen molar-refractivity contribution in [3.05, 3.63) is 62.3 Å². The van der Waals surface area contributed by atoms with E-state index in [0.717, 1.165) is 5.56 Å². The minimum Gasteiger partial charge on any atom is -0.313 e. The summed E-state index contributed by atoms with van der Waals surface area (Å²) in [6, 6.07) is 4.86. The van der Waals surface area contributed by atoms with Crippen LogP contribution in [0.25, 0.3) is 0 Å². The fourth-order valence-electron chi connectivity index (χ4n) is 1.70. The molecule has 0 aliphatic rings. The molecule has 1 N–H and O–H groups in total. The minimum absolute atomic E-state index is 0.0751. The van der Waals surface area contributed by atoms with E-state index in [-0.39, 0.29) is 11.4 Å². The lowest BCUT2D eigenvalue weighted by atomic mass is 10.1. The summed E-state index contributed by atoms with van der Waals surface area (Å²) >= 11 is 0. The average molecular weight is 233 g/mol. The lowest BCUT2D eigenvalue weighted by Crippen LogP contribution is -2.17. The number of rotatable bonds is 3. The lowest BCUT2D eigenvalue weighted by molar-refractivity contribution is -0.385. The third kappa shape index (κ3) is 2.10. The predicted molar refractivity (Wildman–Crippen MR) is 62.0 cm³/mol. The molecule has 6 heteroatoms. The maximum absolute atomic E-state index is 11.3. The second-order valence-electron chi connectivity index (χ2n) is 3.71. The highest BCUT2D eigenvalue weighted by Crippen LogP contribution is 2.21.